The number of aromatic amines is 1. The summed E-state index contributed by atoms with van der Waals surface area (Å²) in [7, 11) is 3.27. The molecule has 0 unspecified atom stereocenters. The van der Waals surface area contributed by atoms with Crippen molar-refractivity contribution in [2.75, 3.05) is 20.8 Å². The lowest BCUT2D eigenvalue weighted by atomic mass is 10.0. The van der Waals surface area contributed by atoms with Gasteiger partial charge in [0.05, 0.1) is 38.4 Å². The van der Waals surface area contributed by atoms with E-state index in [0.717, 1.165) is 33.5 Å². The molecule has 0 saturated carbocycles. The van der Waals surface area contributed by atoms with Gasteiger partial charge in [-0.25, -0.2) is 4.79 Å². The van der Waals surface area contributed by atoms with Crippen LogP contribution in [-0.4, -0.2) is 30.4 Å². The Labute approximate surface area is 174 Å². The number of methoxy groups -OCH3 is 2. The highest BCUT2D eigenvalue weighted by Crippen LogP contribution is 2.32. The quantitative estimate of drug-likeness (QED) is 0.494. The van der Waals surface area contributed by atoms with Crippen molar-refractivity contribution in [2.45, 2.75) is 13.5 Å². The Bertz CT molecular complexity index is 1240. The van der Waals surface area contributed by atoms with Gasteiger partial charge in [0.25, 0.3) is 0 Å². The van der Waals surface area contributed by atoms with Crippen LogP contribution in [0.25, 0.3) is 22.2 Å². The number of rotatable bonds is 7. The number of hydrogen-bond donors (Lipinski definition) is 1. The predicted octanol–water partition coefficient (Wildman–Crippen LogP) is 4.46. The molecule has 0 aliphatic heterocycles. The Morgan fingerprint density at radius 3 is 2.47 bits per heavy atom. The third-order valence-corrected chi connectivity index (χ3v) is 5.06. The number of ether oxygens (including phenoxy) is 3. The first kappa shape index (κ1) is 19.6. The number of hydrogen-bond acceptors (Lipinski definition) is 4. The molecule has 6 nitrogen and oxygen atoms in total. The van der Waals surface area contributed by atoms with Crippen molar-refractivity contribution < 1.29 is 14.2 Å². The minimum atomic E-state index is -0.157. The van der Waals surface area contributed by atoms with Crippen molar-refractivity contribution >= 4 is 11.0 Å². The van der Waals surface area contributed by atoms with Gasteiger partial charge >= 0.3 is 5.69 Å². The Kier molecular flexibility index (Phi) is 5.48. The van der Waals surface area contributed by atoms with E-state index in [2.05, 4.69) is 4.98 Å². The summed E-state index contributed by atoms with van der Waals surface area (Å²) in [6, 6.07) is 19.5. The first-order valence-electron chi connectivity index (χ1n) is 9.80. The molecule has 0 radical (unpaired) electrons. The monoisotopic (exact) mass is 404 g/mol. The SMILES string of the molecule is CCOc1cc(Cn2c(=O)[nH]c3cc(-c4ccccc4OC)ccc32)ccc1OC. The molecule has 4 rings (SSSR count). The van der Waals surface area contributed by atoms with E-state index in [-0.39, 0.29) is 5.69 Å². The van der Waals surface area contributed by atoms with Crippen LogP contribution in [-0.2, 0) is 6.54 Å². The minimum absolute atomic E-state index is 0.157. The largest absolute Gasteiger partial charge is 0.496 e. The van der Waals surface area contributed by atoms with Crippen LogP contribution < -0.4 is 19.9 Å². The van der Waals surface area contributed by atoms with E-state index < -0.39 is 0 Å². The maximum atomic E-state index is 12.7. The van der Waals surface area contributed by atoms with Crippen LogP contribution in [0.1, 0.15) is 12.5 Å². The average molecular weight is 404 g/mol. The summed E-state index contributed by atoms with van der Waals surface area (Å²) in [6.45, 7) is 2.89. The maximum absolute atomic E-state index is 12.7. The fourth-order valence-corrected chi connectivity index (χ4v) is 3.64. The van der Waals surface area contributed by atoms with E-state index in [1.807, 2.05) is 67.6 Å². The molecule has 30 heavy (non-hydrogen) atoms. The summed E-state index contributed by atoms with van der Waals surface area (Å²) in [6.07, 6.45) is 0. The molecule has 3 aromatic carbocycles. The molecule has 0 fully saturated rings. The molecule has 0 spiro atoms. The number of aromatic nitrogens is 2. The number of para-hydroxylation sites is 1. The molecule has 1 N–H and O–H groups in total. The smallest absolute Gasteiger partial charge is 0.326 e. The molecule has 0 aliphatic rings. The number of fused-ring (bicyclic) bond motifs is 1. The van der Waals surface area contributed by atoms with E-state index in [9.17, 15) is 4.79 Å². The average Bonchev–Trinajstić information content (AvgIpc) is 3.08. The van der Waals surface area contributed by atoms with Crippen molar-refractivity contribution in [1.29, 1.82) is 0 Å². The standard InChI is InChI=1S/C24H24N2O4/c1-4-30-23-13-16(9-12-22(23)29-3)15-26-20-11-10-17(14-19(20)25-24(26)27)18-7-5-6-8-21(18)28-2/h5-14H,4,15H2,1-3H3,(H,25,27). The van der Waals surface area contributed by atoms with Crippen LogP contribution in [0.2, 0.25) is 0 Å². The van der Waals surface area contributed by atoms with Crippen LogP contribution in [0.3, 0.4) is 0 Å². The summed E-state index contributed by atoms with van der Waals surface area (Å²) in [5, 5.41) is 0. The van der Waals surface area contributed by atoms with Crippen LogP contribution in [0, 0.1) is 0 Å². The normalized spacial score (nSPS) is 10.9. The van der Waals surface area contributed by atoms with Crippen LogP contribution in [0.15, 0.2) is 65.5 Å². The van der Waals surface area contributed by atoms with E-state index in [1.54, 1.807) is 18.8 Å². The molecule has 0 amide bonds. The lowest BCUT2D eigenvalue weighted by Gasteiger charge is -2.12. The van der Waals surface area contributed by atoms with Crippen molar-refractivity contribution in [1.82, 2.24) is 9.55 Å². The summed E-state index contributed by atoms with van der Waals surface area (Å²) in [5.74, 6) is 2.14. The van der Waals surface area contributed by atoms with Crippen LogP contribution in [0.4, 0.5) is 0 Å². The topological polar surface area (TPSA) is 65.5 Å². The molecule has 0 atom stereocenters. The Hall–Kier alpha value is -3.67. The highest BCUT2D eigenvalue weighted by atomic mass is 16.5. The first-order valence-corrected chi connectivity index (χ1v) is 9.80. The van der Waals surface area contributed by atoms with Gasteiger partial charge in [0.2, 0.25) is 0 Å². The van der Waals surface area contributed by atoms with Gasteiger partial charge in [-0.2, -0.15) is 0 Å². The van der Waals surface area contributed by atoms with E-state index in [0.29, 0.717) is 24.7 Å². The molecule has 154 valence electrons. The number of imidazole rings is 1. The van der Waals surface area contributed by atoms with Crippen molar-refractivity contribution in [2.24, 2.45) is 0 Å². The van der Waals surface area contributed by atoms with E-state index in [4.69, 9.17) is 14.2 Å². The third kappa shape index (κ3) is 3.64. The predicted molar refractivity (Wildman–Crippen MR) is 118 cm³/mol. The van der Waals surface area contributed by atoms with Crippen molar-refractivity contribution in [3.05, 3.63) is 76.7 Å². The Morgan fingerprint density at radius 2 is 1.70 bits per heavy atom. The lowest BCUT2D eigenvalue weighted by Crippen LogP contribution is -2.17. The molecule has 0 bridgehead atoms. The molecule has 0 saturated heterocycles. The highest BCUT2D eigenvalue weighted by molar-refractivity contribution is 5.83. The fourth-order valence-electron chi connectivity index (χ4n) is 3.64. The molecular formula is C24H24N2O4. The van der Waals surface area contributed by atoms with E-state index in [1.165, 1.54) is 0 Å². The zero-order valence-electron chi connectivity index (χ0n) is 17.3. The fraction of sp³-hybridized carbons (Fsp3) is 0.208. The van der Waals surface area contributed by atoms with Gasteiger partial charge in [-0.05, 0) is 48.4 Å². The molecule has 1 aromatic heterocycles. The summed E-state index contributed by atoms with van der Waals surface area (Å²) in [4.78, 5) is 15.6. The van der Waals surface area contributed by atoms with Gasteiger partial charge in [-0.1, -0.05) is 30.3 Å². The van der Waals surface area contributed by atoms with Gasteiger partial charge in [0, 0.05) is 5.56 Å². The third-order valence-electron chi connectivity index (χ3n) is 5.06. The molecule has 6 heteroatoms. The maximum Gasteiger partial charge on any atom is 0.326 e. The van der Waals surface area contributed by atoms with Gasteiger partial charge in [-0.15, -0.1) is 0 Å². The van der Waals surface area contributed by atoms with Gasteiger partial charge in [-0.3, -0.25) is 4.57 Å². The second-order valence-corrected chi connectivity index (χ2v) is 6.87. The Balaban J connectivity index is 1.72. The molecule has 0 aliphatic carbocycles. The molecule has 1 heterocycles. The summed E-state index contributed by atoms with van der Waals surface area (Å²) in [5.41, 5.74) is 4.38. The minimum Gasteiger partial charge on any atom is -0.496 e. The zero-order chi connectivity index (χ0) is 21.1. The second kappa shape index (κ2) is 8.37. The Morgan fingerprint density at radius 1 is 0.900 bits per heavy atom. The number of benzene rings is 3. The molecular weight excluding hydrogens is 380 g/mol. The first-order chi connectivity index (χ1) is 14.6. The van der Waals surface area contributed by atoms with Crippen molar-refractivity contribution in [3.8, 4) is 28.4 Å². The summed E-state index contributed by atoms with van der Waals surface area (Å²) < 4.78 is 18.2. The number of nitrogens with one attached hydrogen (secondary N) is 1. The lowest BCUT2D eigenvalue weighted by molar-refractivity contribution is 0.310. The zero-order valence-corrected chi connectivity index (χ0v) is 17.3. The number of nitrogens with zero attached hydrogens (tertiary/aromatic N) is 1. The molecule has 4 aromatic rings. The van der Waals surface area contributed by atoms with Gasteiger partial charge in [0.1, 0.15) is 5.75 Å². The van der Waals surface area contributed by atoms with Crippen LogP contribution >= 0.6 is 0 Å². The second-order valence-electron chi connectivity index (χ2n) is 6.87. The highest BCUT2D eigenvalue weighted by Gasteiger charge is 2.12. The van der Waals surface area contributed by atoms with Crippen LogP contribution in [0.5, 0.6) is 17.2 Å². The van der Waals surface area contributed by atoms with E-state index >= 15 is 0 Å². The van der Waals surface area contributed by atoms with Crippen molar-refractivity contribution in [3.63, 3.8) is 0 Å². The van der Waals surface area contributed by atoms with Gasteiger partial charge < -0.3 is 19.2 Å². The number of H-pyrrole nitrogens is 1. The summed E-state index contributed by atoms with van der Waals surface area (Å²) >= 11 is 0. The van der Waals surface area contributed by atoms with Gasteiger partial charge in [0.15, 0.2) is 11.5 Å².